The Bertz CT molecular complexity index is 425. The molecule has 16 heavy (non-hydrogen) atoms. The number of rotatable bonds is 4. The first-order valence-electron chi connectivity index (χ1n) is 4.52. The van der Waals surface area contributed by atoms with Crippen LogP contribution in [0.2, 0.25) is 5.02 Å². The second kappa shape index (κ2) is 5.77. The van der Waals surface area contributed by atoms with Crippen molar-refractivity contribution in [2.45, 2.75) is 6.42 Å². The normalized spacial score (nSPS) is 9.88. The lowest BCUT2D eigenvalue weighted by molar-refractivity contribution is 0.0955. The molecule has 3 nitrogen and oxygen atoms in total. The topological polar surface area (TPSA) is 55.1 Å². The zero-order chi connectivity index (χ0) is 12.1. The van der Waals surface area contributed by atoms with Gasteiger partial charge in [0.2, 0.25) is 0 Å². The van der Waals surface area contributed by atoms with Crippen molar-refractivity contribution in [1.29, 1.82) is 0 Å². The Balaban J connectivity index is 2.59. The predicted octanol–water partition coefficient (Wildman–Crippen LogP) is 1.89. The molecule has 0 fully saturated rings. The number of benzene rings is 1. The van der Waals surface area contributed by atoms with Gasteiger partial charge in [0.1, 0.15) is 5.82 Å². The summed E-state index contributed by atoms with van der Waals surface area (Å²) >= 11 is 10.2. The molecule has 0 heterocycles. The summed E-state index contributed by atoms with van der Waals surface area (Å²) in [5, 5.41) is 2.51. The summed E-state index contributed by atoms with van der Waals surface area (Å²) in [5.41, 5.74) is 5.57. The van der Waals surface area contributed by atoms with Crippen LogP contribution in [-0.2, 0) is 0 Å². The van der Waals surface area contributed by atoms with E-state index in [0.29, 0.717) is 23.5 Å². The fourth-order valence-electron chi connectivity index (χ4n) is 1.04. The Morgan fingerprint density at radius 2 is 2.25 bits per heavy atom. The third-order valence-electron chi connectivity index (χ3n) is 1.84. The van der Waals surface area contributed by atoms with Gasteiger partial charge < -0.3 is 11.1 Å². The van der Waals surface area contributed by atoms with Gasteiger partial charge in [-0.1, -0.05) is 23.8 Å². The second-order valence-corrected chi connectivity index (χ2v) is 4.03. The van der Waals surface area contributed by atoms with E-state index in [1.165, 1.54) is 12.1 Å². The first-order chi connectivity index (χ1) is 7.50. The first-order valence-corrected chi connectivity index (χ1v) is 5.31. The molecule has 3 N–H and O–H groups in total. The molecule has 0 saturated heterocycles. The highest BCUT2D eigenvalue weighted by Crippen LogP contribution is 2.15. The minimum atomic E-state index is -0.554. The first kappa shape index (κ1) is 12.9. The van der Waals surface area contributed by atoms with Crippen molar-refractivity contribution >= 4 is 34.7 Å². The SMILES string of the molecule is NC(=S)CCNC(=O)c1ccc(F)c(Cl)c1. The largest absolute Gasteiger partial charge is 0.393 e. The van der Waals surface area contributed by atoms with Gasteiger partial charge in [0.25, 0.3) is 5.91 Å². The van der Waals surface area contributed by atoms with Crippen LogP contribution in [0, 0.1) is 5.82 Å². The van der Waals surface area contributed by atoms with Crippen molar-refractivity contribution in [3.63, 3.8) is 0 Å². The van der Waals surface area contributed by atoms with Crippen LogP contribution in [-0.4, -0.2) is 17.4 Å². The highest BCUT2D eigenvalue weighted by Gasteiger charge is 2.07. The fraction of sp³-hybridized carbons (Fsp3) is 0.200. The second-order valence-electron chi connectivity index (χ2n) is 3.10. The van der Waals surface area contributed by atoms with Crippen molar-refractivity contribution < 1.29 is 9.18 Å². The average molecular weight is 261 g/mol. The Morgan fingerprint density at radius 3 is 2.81 bits per heavy atom. The number of hydrogen-bond acceptors (Lipinski definition) is 2. The molecule has 1 aromatic carbocycles. The van der Waals surface area contributed by atoms with E-state index in [0.717, 1.165) is 6.07 Å². The van der Waals surface area contributed by atoms with Crippen molar-refractivity contribution in [2.75, 3.05) is 6.54 Å². The van der Waals surface area contributed by atoms with Crippen LogP contribution in [0.5, 0.6) is 0 Å². The molecule has 0 atom stereocenters. The molecule has 0 radical (unpaired) electrons. The Kier molecular flexibility index (Phi) is 4.64. The van der Waals surface area contributed by atoms with Crippen molar-refractivity contribution in [2.24, 2.45) is 5.73 Å². The molecular weight excluding hydrogens is 251 g/mol. The molecule has 1 amide bonds. The number of thiocarbonyl (C=S) groups is 1. The lowest BCUT2D eigenvalue weighted by atomic mass is 10.2. The van der Waals surface area contributed by atoms with Gasteiger partial charge in [-0.2, -0.15) is 0 Å². The summed E-state index contributed by atoms with van der Waals surface area (Å²) < 4.78 is 12.8. The van der Waals surface area contributed by atoms with Gasteiger partial charge in [-0.05, 0) is 18.2 Å². The van der Waals surface area contributed by atoms with Crippen molar-refractivity contribution in [3.8, 4) is 0 Å². The molecule has 1 rings (SSSR count). The number of hydrogen-bond donors (Lipinski definition) is 2. The van der Waals surface area contributed by atoms with Gasteiger partial charge in [0.05, 0.1) is 10.0 Å². The maximum atomic E-state index is 12.8. The quantitative estimate of drug-likeness (QED) is 0.813. The van der Waals surface area contributed by atoms with Crippen molar-refractivity contribution in [3.05, 3.63) is 34.6 Å². The van der Waals surface area contributed by atoms with Gasteiger partial charge in [-0.25, -0.2) is 4.39 Å². The predicted molar refractivity (Wildman–Crippen MR) is 65.1 cm³/mol. The number of amides is 1. The van der Waals surface area contributed by atoms with E-state index >= 15 is 0 Å². The monoisotopic (exact) mass is 260 g/mol. The van der Waals surface area contributed by atoms with Gasteiger partial charge in [0.15, 0.2) is 0 Å². The number of nitrogens with one attached hydrogen (secondary N) is 1. The molecule has 1 aromatic rings. The van der Waals surface area contributed by atoms with Crippen molar-refractivity contribution in [1.82, 2.24) is 5.32 Å². The van der Waals surface area contributed by atoms with E-state index < -0.39 is 5.82 Å². The highest BCUT2D eigenvalue weighted by atomic mass is 35.5. The fourth-order valence-corrected chi connectivity index (χ4v) is 1.32. The van der Waals surface area contributed by atoms with E-state index in [9.17, 15) is 9.18 Å². The van der Waals surface area contributed by atoms with Crippen LogP contribution in [0.4, 0.5) is 4.39 Å². The maximum Gasteiger partial charge on any atom is 0.251 e. The minimum Gasteiger partial charge on any atom is -0.393 e. The Morgan fingerprint density at radius 1 is 1.56 bits per heavy atom. The molecule has 0 spiro atoms. The number of carbonyl (C=O) groups is 1. The zero-order valence-electron chi connectivity index (χ0n) is 8.30. The number of nitrogens with two attached hydrogens (primary N) is 1. The zero-order valence-corrected chi connectivity index (χ0v) is 9.87. The van der Waals surface area contributed by atoms with Crippen LogP contribution < -0.4 is 11.1 Å². The van der Waals surface area contributed by atoms with Gasteiger partial charge in [0, 0.05) is 18.5 Å². The molecule has 86 valence electrons. The van der Waals surface area contributed by atoms with Gasteiger partial charge in [-0.15, -0.1) is 0 Å². The van der Waals surface area contributed by atoms with E-state index in [1.54, 1.807) is 0 Å². The minimum absolute atomic E-state index is 0.0815. The summed E-state index contributed by atoms with van der Waals surface area (Å²) in [5.74, 6) is -0.889. The molecule has 0 unspecified atom stereocenters. The molecule has 0 aliphatic rings. The lowest BCUT2D eigenvalue weighted by Gasteiger charge is -2.04. The van der Waals surface area contributed by atoms with Crippen LogP contribution in [0.3, 0.4) is 0 Å². The van der Waals surface area contributed by atoms with Gasteiger partial charge >= 0.3 is 0 Å². The molecule has 0 saturated carbocycles. The molecular formula is C10H10ClFN2OS. The summed E-state index contributed by atoms with van der Waals surface area (Å²) in [6.07, 6.45) is 0.427. The summed E-state index contributed by atoms with van der Waals surface area (Å²) in [4.78, 5) is 11.8. The van der Waals surface area contributed by atoms with Gasteiger partial charge in [-0.3, -0.25) is 4.79 Å². The molecule has 0 aliphatic heterocycles. The molecule has 0 aliphatic carbocycles. The average Bonchev–Trinajstić information content (AvgIpc) is 2.21. The van der Waals surface area contributed by atoms with Crippen LogP contribution in [0.15, 0.2) is 18.2 Å². The third kappa shape index (κ3) is 3.75. The van der Waals surface area contributed by atoms with E-state index in [-0.39, 0.29) is 10.9 Å². The van der Waals surface area contributed by atoms with Crippen LogP contribution >= 0.6 is 23.8 Å². The standard InChI is InChI=1S/C10H10ClFN2OS/c11-7-5-6(1-2-8(7)12)10(15)14-4-3-9(13)16/h1-2,5H,3-4H2,(H2,13,16)(H,14,15). The van der Waals surface area contributed by atoms with E-state index in [4.69, 9.17) is 17.3 Å². The number of halogens is 2. The summed E-state index contributed by atoms with van der Waals surface area (Å²) in [6, 6.07) is 3.77. The maximum absolute atomic E-state index is 12.8. The molecule has 0 aromatic heterocycles. The summed E-state index contributed by atoms with van der Waals surface area (Å²) in [7, 11) is 0. The Hall–Kier alpha value is -1.20. The van der Waals surface area contributed by atoms with E-state index in [1.807, 2.05) is 0 Å². The van der Waals surface area contributed by atoms with Crippen LogP contribution in [0.25, 0.3) is 0 Å². The lowest BCUT2D eigenvalue weighted by Crippen LogP contribution is -2.27. The summed E-state index contributed by atoms with van der Waals surface area (Å²) in [6.45, 7) is 0.350. The number of carbonyl (C=O) groups excluding carboxylic acids is 1. The molecule has 6 heteroatoms. The smallest absolute Gasteiger partial charge is 0.251 e. The van der Waals surface area contributed by atoms with E-state index in [2.05, 4.69) is 17.5 Å². The molecule has 0 bridgehead atoms. The Labute approximate surface area is 103 Å². The highest BCUT2D eigenvalue weighted by molar-refractivity contribution is 7.80. The third-order valence-corrected chi connectivity index (χ3v) is 2.33. The van der Waals surface area contributed by atoms with Crippen LogP contribution in [0.1, 0.15) is 16.8 Å².